The van der Waals surface area contributed by atoms with Gasteiger partial charge in [-0.1, -0.05) is 36.4 Å². The molecule has 0 aromatic heterocycles. The standard InChI is InChI=1S/C30H39NO13/c1-7-13-36-29-22(31-16(3)32)25(24-21(42-29)14-37-28(43-24)20-11-9-8-10-12-20)44-30-27(41-19(6)35)26(40-18(5)34)23(15(2)38-30)39-17(4)33/h7-12,15,21-30H,1,13-14H2,2-6H3,(H,31,32)/t15-,21+,22+,23-,24+,25+,26+,27+,28?,29-,30-/m0/s1. The van der Waals surface area contributed by atoms with Crippen molar-refractivity contribution in [2.24, 2.45) is 0 Å². The van der Waals surface area contributed by atoms with E-state index in [1.807, 2.05) is 30.3 Å². The highest BCUT2D eigenvalue weighted by molar-refractivity contribution is 5.73. The number of hydrogen-bond acceptors (Lipinski definition) is 13. The van der Waals surface area contributed by atoms with Crippen molar-refractivity contribution < 1.29 is 61.8 Å². The van der Waals surface area contributed by atoms with Gasteiger partial charge in [-0.05, 0) is 6.92 Å². The molecule has 0 bridgehead atoms. The molecule has 11 atom stereocenters. The third-order valence-electron chi connectivity index (χ3n) is 7.08. The van der Waals surface area contributed by atoms with Gasteiger partial charge in [0.25, 0.3) is 0 Å². The van der Waals surface area contributed by atoms with Crippen LogP contribution in [0.3, 0.4) is 0 Å². The lowest BCUT2D eigenvalue weighted by Crippen LogP contribution is -2.69. The molecular weight excluding hydrogens is 582 g/mol. The number of esters is 3. The smallest absolute Gasteiger partial charge is 0.303 e. The van der Waals surface area contributed by atoms with Crippen molar-refractivity contribution in [2.75, 3.05) is 13.2 Å². The van der Waals surface area contributed by atoms with Crippen LogP contribution >= 0.6 is 0 Å². The summed E-state index contributed by atoms with van der Waals surface area (Å²) in [6, 6.07) is 8.26. The fourth-order valence-electron chi connectivity index (χ4n) is 5.44. The second-order valence-corrected chi connectivity index (χ2v) is 10.6. The first-order valence-corrected chi connectivity index (χ1v) is 14.3. The molecule has 44 heavy (non-hydrogen) atoms. The summed E-state index contributed by atoms with van der Waals surface area (Å²) in [4.78, 5) is 48.8. The molecule has 242 valence electrons. The quantitative estimate of drug-likeness (QED) is 0.227. The molecule has 0 radical (unpaired) electrons. The minimum atomic E-state index is -1.38. The molecule has 0 saturated carbocycles. The van der Waals surface area contributed by atoms with E-state index < -0.39 is 91.5 Å². The number of benzene rings is 1. The summed E-state index contributed by atoms with van der Waals surface area (Å²) in [5.74, 6) is -2.52. The molecule has 3 fully saturated rings. The lowest BCUT2D eigenvalue weighted by atomic mass is 9.94. The van der Waals surface area contributed by atoms with Crippen LogP contribution in [0.2, 0.25) is 0 Å². The fraction of sp³-hybridized carbons (Fsp3) is 0.600. The zero-order valence-corrected chi connectivity index (χ0v) is 25.2. The Labute approximate surface area is 255 Å². The van der Waals surface area contributed by atoms with Crippen LogP contribution in [0, 0.1) is 0 Å². The Bertz CT molecular complexity index is 1180. The van der Waals surface area contributed by atoms with Crippen LogP contribution in [0.15, 0.2) is 43.0 Å². The second-order valence-electron chi connectivity index (χ2n) is 10.6. The van der Waals surface area contributed by atoms with Crippen molar-refractivity contribution in [2.45, 2.75) is 102 Å². The van der Waals surface area contributed by atoms with Gasteiger partial charge in [-0.3, -0.25) is 19.2 Å². The van der Waals surface area contributed by atoms with Gasteiger partial charge in [-0.2, -0.15) is 0 Å². The van der Waals surface area contributed by atoms with Crippen molar-refractivity contribution in [3.8, 4) is 0 Å². The maximum atomic E-state index is 12.4. The van der Waals surface area contributed by atoms with Crippen LogP contribution in [-0.2, 0) is 61.8 Å². The summed E-state index contributed by atoms with van der Waals surface area (Å²) in [5, 5.41) is 2.83. The van der Waals surface area contributed by atoms with E-state index in [1.165, 1.54) is 26.8 Å². The van der Waals surface area contributed by atoms with Gasteiger partial charge in [0.2, 0.25) is 5.91 Å². The van der Waals surface area contributed by atoms with Gasteiger partial charge < -0.3 is 47.9 Å². The van der Waals surface area contributed by atoms with E-state index in [-0.39, 0.29) is 13.2 Å². The Kier molecular flexibility index (Phi) is 11.5. The predicted molar refractivity (Wildman–Crippen MR) is 148 cm³/mol. The third-order valence-corrected chi connectivity index (χ3v) is 7.08. The molecule has 1 unspecified atom stereocenters. The minimum absolute atomic E-state index is 0.0880. The molecule has 1 N–H and O–H groups in total. The average molecular weight is 622 g/mol. The summed E-state index contributed by atoms with van der Waals surface area (Å²) < 4.78 is 53.6. The Morgan fingerprint density at radius 1 is 0.864 bits per heavy atom. The summed E-state index contributed by atoms with van der Waals surface area (Å²) in [6.07, 6.45) is -8.98. The van der Waals surface area contributed by atoms with Crippen LogP contribution < -0.4 is 5.32 Å². The van der Waals surface area contributed by atoms with E-state index in [9.17, 15) is 19.2 Å². The van der Waals surface area contributed by atoms with Gasteiger partial charge in [0.15, 0.2) is 37.2 Å². The van der Waals surface area contributed by atoms with Gasteiger partial charge in [-0.25, -0.2) is 0 Å². The first kappa shape index (κ1) is 33.5. The highest BCUT2D eigenvalue weighted by Crippen LogP contribution is 2.38. The SMILES string of the molecule is C=CCO[C@H]1O[C@@H]2COC(c3ccccc3)O[C@H]2[C@H](O[C@@H]2O[C@@H](C)[C@H](OC(C)=O)[C@@H](OC(C)=O)[C@H]2OC(C)=O)[C@H]1NC(C)=O. The van der Waals surface area contributed by atoms with Crippen molar-refractivity contribution in [1.29, 1.82) is 0 Å². The number of nitrogens with one attached hydrogen (secondary N) is 1. The Hall–Kier alpha value is -3.40. The monoisotopic (exact) mass is 621 g/mol. The molecule has 1 amide bonds. The van der Waals surface area contributed by atoms with Crippen LogP contribution in [-0.4, -0.2) is 98.4 Å². The van der Waals surface area contributed by atoms with Crippen molar-refractivity contribution in [3.05, 3.63) is 48.6 Å². The molecule has 14 heteroatoms. The highest BCUT2D eigenvalue weighted by Gasteiger charge is 2.56. The maximum Gasteiger partial charge on any atom is 0.303 e. The van der Waals surface area contributed by atoms with Crippen molar-refractivity contribution >= 4 is 23.8 Å². The molecule has 3 aliphatic heterocycles. The van der Waals surface area contributed by atoms with E-state index in [1.54, 1.807) is 6.92 Å². The van der Waals surface area contributed by atoms with E-state index in [4.69, 9.17) is 42.6 Å². The van der Waals surface area contributed by atoms with Crippen molar-refractivity contribution in [1.82, 2.24) is 5.32 Å². The molecule has 1 aromatic rings. The fourth-order valence-corrected chi connectivity index (χ4v) is 5.44. The second kappa shape index (κ2) is 15.1. The third kappa shape index (κ3) is 8.20. The first-order chi connectivity index (χ1) is 21.0. The molecule has 3 aliphatic rings. The van der Waals surface area contributed by atoms with Crippen LogP contribution in [0.5, 0.6) is 0 Å². The Balaban J connectivity index is 1.73. The lowest BCUT2D eigenvalue weighted by molar-refractivity contribution is -0.376. The number of hydrogen-bond donors (Lipinski definition) is 1. The highest BCUT2D eigenvalue weighted by atomic mass is 16.8. The summed E-state index contributed by atoms with van der Waals surface area (Å²) in [5.41, 5.74) is 0.741. The predicted octanol–water partition coefficient (Wildman–Crippen LogP) is 1.46. The number of ether oxygens (including phenoxy) is 9. The number of fused-ring (bicyclic) bond motifs is 1. The largest absolute Gasteiger partial charge is 0.456 e. The molecule has 0 aliphatic carbocycles. The van der Waals surface area contributed by atoms with Gasteiger partial charge in [0.1, 0.15) is 24.4 Å². The number of carbonyl (C=O) groups excluding carboxylic acids is 4. The number of carbonyl (C=O) groups is 4. The van der Waals surface area contributed by atoms with Gasteiger partial charge in [0.05, 0.1) is 19.3 Å². The normalized spacial score (nSPS) is 35.0. The number of amides is 1. The molecule has 1 aromatic carbocycles. The summed E-state index contributed by atoms with van der Waals surface area (Å²) >= 11 is 0. The minimum Gasteiger partial charge on any atom is -0.456 e. The summed E-state index contributed by atoms with van der Waals surface area (Å²) in [7, 11) is 0. The van der Waals surface area contributed by atoms with Gasteiger partial charge >= 0.3 is 17.9 Å². The molecule has 0 spiro atoms. The molecule has 3 saturated heterocycles. The summed E-state index contributed by atoms with van der Waals surface area (Å²) in [6.45, 7) is 10.3. The van der Waals surface area contributed by atoms with Gasteiger partial charge in [-0.15, -0.1) is 6.58 Å². The van der Waals surface area contributed by atoms with Gasteiger partial charge in [0, 0.05) is 33.3 Å². The maximum absolute atomic E-state index is 12.4. The first-order valence-electron chi connectivity index (χ1n) is 14.3. The Morgan fingerprint density at radius 2 is 1.50 bits per heavy atom. The van der Waals surface area contributed by atoms with Crippen LogP contribution in [0.25, 0.3) is 0 Å². The molecule has 4 rings (SSSR count). The van der Waals surface area contributed by atoms with E-state index >= 15 is 0 Å². The molecule has 3 heterocycles. The molecule has 14 nitrogen and oxygen atoms in total. The topological polar surface area (TPSA) is 163 Å². The van der Waals surface area contributed by atoms with Crippen LogP contribution in [0.4, 0.5) is 0 Å². The zero-order chi connectivity index (χ0) is 32.0. The average Bonchev–Trinajstić information content (AvgIpc) is 2.96. The van der Waals surface area contributed by atoms with Crippen molar-refractivity contribution in [3.63, 3.8) is 0 Å². The zero-order valence-electron chi connectivity index (χ0n) is 25.2. The van der Waals surface area contributed by atoms with E-state index in [0.29, 0.717) is 0 Å². The lowest BCUT2D eigenvalue weighted by Gasteiger charge is -2.51. The molecular formula is C30H39NO13. The van der Waals surface area contributed by atoms with E-state index in [0.717, 1.165) is 12.5 Å². The number of rotatable bonds is 10. The van der Waals surface area contributed by atoms with E-state index in [2.05, 4.69) is 11.9 Å². The van der Waals surface area contributed by atoms with Crippen LogP contribution in [0.1, 0.15) is 46.5 Å². The Morgan fingerprint density at radius 3 is 2.11 bits per heavy atom.